The average molecular weight is 564 g/mol. The Morgan fingerprint density at radius 3 is 2.74 bits per heavy atom. The number of hydrogen-bond donors (Lipinski definition) is 1. The second kappa shape index (κ2) is 10.3. The van der Waals surface area contributed by atoms with Crippen LogP contribution in [-0.2, 0) is 12.8 Å². The summed E-state index contributed by atoms with van der Waals surface area (Å²) in [5, 5.41) is 13.2. The molecule has 0 saturated heterocycles. The van der Waals surface area contributed by atoms with Crippen molar-refractivity contribution < 1.29 is 4.68 Å². The van der Waals surface area contributed by atoms with E-state index in [9.17, 15) is 0 Å². The van der Waals surface area contributed by atoms with Gasteiger partial charge in [0.05, 0.1) is 10.7 Å². The molecule has 0 radical (unpaired) electrons. The minimum Gasteiger partial charge on any atom is -0.383 e. The average Bonchev–Trinajstić information content (AvgIpc) is 3.85. The van der Waals surface area contributed by atoms with E-state index < -0.39 is 0 Å². The largest absolute Gasteiger partial charge is 0.383 e. The van der Waals surface area contributed by atoms with E-state index >= 15 is 0 Å². The van der Waals surface area contributed by atoms with E-state index in [1.54, 1.807) is 17.1 Å². The van der Waals surface area contributed by atoms with Gasteiger partial charge in [0, 0.05) is 36.6 Å². The molecule has 10 nitrogen and oxygen atoms in total. The Balaban J connectivity index is 1.17. The van der Waals surface area contributed by atoms with Crippen LogP contribution in [0.25, 0.3) is 34.1 Å². The molecule has 5 heterocycles. The lowest BCUT2D eigenvalue weighted by atomic mass is 10.0. The van der Waals surface area contributed by atoms with Crippen molar-refractivity contribution in [1.29, 1.82) is 0 Å². The van der Waals surface area contributed by atoms with Gasteiger partial charge < -0.3 is 5.73 Å². The molecule has 8 rings (SSSR count). The minimum atomic E-state index is 0.243. The number of nitrogens with two attached hydrogens (primary N) is 1. The van der Waals surface area contributed by atoms with E-state index in [4.69, 9.17) is 15.7 Å². The normalized spacial score (nSPS) is 16.7. The molecule has 4 aromatic heterocycles. The van der Waals surface area contributed by atoms with Crippen molar-refractivity contribution in [3.05, 3.63) is 126 Å². The van der Waals surface area contributed by atoms with Crippen molar-refractivity contribution in [3.8, 4) is 22.9 Å². The lowest BCUT2D eigenvalue weighted by Crippen LogP contribution is -2.05. The predicted molar refractivity (Wildman–Crippen MR) is 164 cm³/mol. The van der Waals surface area contributed by atoms with Gasteiger partial charge in [-0.3, -0.25) is 4.57 Å². The number of pyridine rings is 2. The molecule has 10 heteroatoms. The second-order valence-electron chi connectivity index (χ2n) is 10.7. The van der Waals surface area contributed by atoms with Crippen LogP contribution in [0.15, 0.2) is 120 Å². The molecular weight excluding hydrogens is 536 g/mol. The Hall–Kier alpha value is -5.77. The molecule has 1 aliphatic carbocycles. The number of rotatable bonds is 6. The van der Waals surface area contributed by atoms with E-state index in [-0.39, 0.29) is 5.92 Å². The molecule has 2 aromatic carbocycles. The topological polar surface area (TPSA) is 115 Å². The van der Waals surface area contributed by atoms with Gasteiger partial charge in [0.1, 0.15) is 22.8 Å². The predicted octanol–water partition coefficient (Wildman–Crippen LogP) is 5.83. The first-order chi connectivity index (χ1) is 21.2. The number of aromatic nitrogens is 6. The fraction of sp³-hybridized carbons (Fsp3) is 0.121. The summed E-state index contributed by atoms with van der Waals surface area (Å²) in [7, 11) is 0. The second-order valence-corrected chi connectivity index (χ2v) is 10.7. The van der Waals surface area contributed by atoms with Crippen LogP contribution in [-0.4, -0.2) is 40.2 Å². The molecule has 0 fully saturated rings. The third-order valence-electron chi connectivity index (χ3n) is 7.94. The first-order valence-electron chi connectivity index (χ1n) is 14.2. The van der Waals surface area contributed by atoms with Gasteiger partial charge in [-0.25, -0.2) is 19.6 Å². The highest BCUT2D eigenvalue weighted by Gasteiger charge is 2.27. The van der Waals surface area contributed by atoms with Gasteiger partial charge in [-0.2, -0.15) is 5.10 Å². The fourth-order valence-corrected chi connectivity index (χ4v) is 5.90. The molecule has 1 unspecified atom stereocenters. The van der Waals surface area contributed by atoms with Gasteiger partial charge in [-0.15, -0.1) is 4.68 Å². The number of allylic oxidation sites excluding steroid dienone is 1. The smallest absolute Gasteiger partial charge is 0.226 e. The number of aryl methyl sites for hydroxylation is 1. The number of nitrogens with zero attached hydrogens (tertiary/aromatic N) is 9. The van der Waals surface area contributed by atoms with Crippen LogP contribution in [0.1, 0.15) is 29.0 Å². The van der Waals surface area contributed by atoms with Gasteiger partial charge in [-0.1, -0.05) is 36.4 Å². The Labute approximate surface area is 247 Å². The number of anilines is 1. The third-order valence-corrected chi connectivity index (χ3v) is 7.94. The third kappa shape index (κ3) is 4.58. The number of benzene rings is 2. The first-order valence-corrected chi connectivity index (χ1v) is 14.2. The Morgan fingerprint density at radius 1 is 0.953 bits per heavy atom. The quantitative estimate of drug-likeness (QED) is 0.256. The fourth-order valence-electron chi connectivity index (χ4n) is 5.90. The monoisotopic (exact) mass is 563 g/mol. The van der Waals surface area contributed by atoms with Crippen LogP contribution in [0.5, 0.6) is 0 Å². The molecule has 0 spiro atoms. The zero-order chi connectivity index (χ0) is 28.8. The van der Waals surface area contributed by atoms with Crippen molar-refractivity contribution in [3.63, 3.8) is 0 Å². The van der Waals surface area contributed by atoms with Gasteiger partial charge in [0.15, 0.2) is 23.5 Å². The standard InChI is InChI=1S/C33H27N10/c34-31-28(8-4-15-35-31)32-37-29-13-14-30(42-17-5-16-36-42)38-33(29)43(32)26-11-12-27-23(19-26)9-10-24(27)20-41-21-25(39-40-41)18-22-6-2-1-3-7-22/h1-8,11-17,19-21,24H,9-10,18H2,(H2,34,35)/q+1/b41-20+. The van der Waals surface area contributed by atoms with Crippen LogP contribution < -0.4 is 5.73 Å². The highest BCUT2D eigenvalue weighted by atomic mass is 15.5. The maximum Gasteiger partial charge on any atom is 0.226 e. The van der Waals surface area contributed by atoms with Gasteiger partial charge >= 0.3 is 0 Å². The number of nitrogen functional groups attached to an aromatic ring is 1. The van der Waals surface area contributed by atoms with Crippen LogP contribution in [0.3, 0.4) is 0 Å². The highest BCUT2D eigenvalue weighted by molar-refractivity contribution is 5.83. The molecular formula is C33H27N10+. The SMILES string of the molecule is Nc1ncccc1-c1nc2ccc(-n3cccn3)nc2n1-c1ccc2c(c1)CCC2/C=[N+]1\C=C(Cc2ccccc2)N=N1. The molecule has 1 aliphatic heterocycles. The molecule has 0 bridgehead atoms. The van der Waals surface area contributed by atoms with Gasteiger partial charge in [-0.05, 0) is 72.0 Å². The van der Waals surface area contributed by atoms with E-state index in [0.29, 0.717) is 17.5 Å². The Morgan fingerprint density at radius 2 is 1.88 bits per heavy atom. The summed E-state index contributed by atoms with van der Waals surface area (Å²) in [5.74, 6) is 2.06. The lowest BCUT2D eigenvalue weighted by molar-refractivity contribution is -0.461. The van der Waals surface area contributed by atoms with Crippen molar-refractivity contribution in [2.45, 2.75) is 25.2 Å². The maximum atomic E-state index is 6.34. The highest BCUT2D eigenvalue weighted by Crippen LogP contribution is 2.36. The van der Waals surface area contributed by atoms with Crippen molar-refractivity contribution in [2.75, 3.05) is 5.73 Å². The zero-order valence-electron chi connectivity index (χ0n) is 23.2. The van der Waals surface area contributed by atoms with Gasteiger partial charge in [0.25, 0.3) is 0 Å². The van der Waals surface area contributed by atoms with Crippen molar-refractivity contribution in [2.24, 2.45) is 10.3 Å². The summed E-state index contributed by atoms with van der Waals surface area (Å²) < 4.78 is 5.67. The summed E-state index contributed by atoms with van der Waals surface area (Å²) in [5.41, 5.74) is 14.3. The molecule has 0 saturated carbocycles. The van der Waals surface area contributed by atoms with E-state index in [2.05, 4.69) is 61.5 Å². The molecule has 43 heavy (non-hydrogen) atoms. The molecule has 1 atom stereocenters. The Bertz CT molecular complexity index is 2070. The van der Waals surface area contributed by atoms with Gasteiger partial charge in [0.2, 0.25) is 5.70 Å². The van der Waals surface area contributed by atoms with E-state index in [1.807, 2.05) is 65.6 Å². The van der Waals surface area contributed by atoms with Crippen LogP contribution in [0.4, 0.5) is 5.82 Å². The number of imidazole rings is 1. The van der Waals surface area contributed by atoms with Crippen molar-refractivity contribution >= 4 is 23.2 Å². The first kappa shape index (κ1) is 25.0. The van der Waals surface area contributed by atoms with Crippen LogP contribution >= 0.6 is 0 Å². The summed E-state index contributed by atoms with van der Waals surface area (Å²) >= 11 is 0. The molecule has 2 aliphatic rings. The molecule has 208 valence electrons. The lowest BCUT2D eigenvalue weighted by Gasteiger charge is -2.13. The number of fused-ring (bicyclic) bond motifs is 2. The summed E-state index contributed by atoms with van der Waals surface area (Å²) in [6, 6.07) is 26.5. The molecule has 2 N–H and O–H groups in total. The van der Waals surface area contributed by atoms with Crippen molar-refractivity contribution in [1.82, 2.24) is 29.3 Å². The number of hydrogen-bond acceptors (Lipinski definition) is 7. The van der Waals surface area contributed by atoms with E-state index in [0.717, 1.165) is 47.4 Å². The Kier molecular flexibility index (Phi) is 5.96. The van der Waals surface area contributed by atoms with Crippen LogP contribution in [0, 0.1) is 0 Å². The van der Waals surface area contributed by atoms with E-state index in [1.165, 1.54) is 16.7 Å². The minimum absolute atomic E-state index is 0.243. The zero-order valence-corrected chi connectivity index (χ0v) is 23.2. The summed E-state index contributed by atoms with van der Waals surface area (Å²) in [6.07, 6.45) is 12.2. The maximum absolute atomic E-state index is 6.34. The summed E-state index contributed by atoms with van der Waals surface area (Å²) in [6.45, 7) is 0. The molecule has 0 amide bonds. The van der Waals surface area contributed by atoms with Crippen LogP contribution in [0.2, 0.25) is 0 Å². The summed E-state index contributed by atoms with van der Waals surface area (Å²) in [4.78, 5) is 14.3. The molecule has 6 aromatic rings.